The Bertz CT molecular complexity index is 404. The van der Waals surface area contributed by atoms with Crippen LogP contribution >= 0.6 is 34.7 Å². The van der Waals surface area contributed by atoms with E-state index in [-0.39, 0.29) is 18.1 Å². The maximum Gasteiger partial charge on any atom is 0.230 e. The van der Waals surface area contributed by atoms with Crippen LogP contribution in [0.3, 0.4) is 0 Å². The van der Waals surface area contributed by atoms with Gasteiger partial charge in [-0.3, -0.25) is 4.79 Å². The van der Waals surface area contributed by atoms with Gasteiger partial charge in [-0.25, -0.2) is 0 Å². The third-order valence-corrected chi connectivity index (χ3v) is 5.06. The Morgan fingerprint density at radius 2 is 2.35 bits per heavy atom. The van der Waals surface area contributed by atoms with Crippen LogP contribution in [0.15, 0.2) is 12.1 Å². The van der Waals surface area contributed by atoms with E-state index in [1.54, 1.807) is 23.1 Å². The van der Waals surface area contributed by atoms with Crippen molar-refractivity contribution in [2.24, 2.45) is 0 Å². The number of thioether (sulfide) groups is 1. The van der Waals surface area contributed by atoms with Crippen LogP contribution in [0.2, 0.25) is 4.34 Å². The summed E-state index contributed by atoms with van der Waals surface area (Å²) in [7, 11) is 0. The first kappa shape index (κ1) is 13.2. The molecule has 2 rings (SSSR count). The second-order valence-corrected chi connectivity index (χ2v) is 6.97. The zero-order chi connectivity index (χ0) is 12.3. The Hall–Kier alpha value is -0.230. The number of hydrogen-bond acceptors (Lipinski definition) is 4. The lowest BCUT2D eigenvalue weighted by molar-refractivity contribution is -0.119. The number of amides is 1. The summed E-state index contributed by atoms with van der Waals surface area (Å²) >= 11 is 8.93. The topological polar surface area (TPSA) is 49.3 Å². The minimum Gasteiger partial charge on any atom is -0.394 e. The molecule has 0 aromatic carbocycles. The van der Waals surface area contributed by atoms with E-state index in [4.69, 9.17) is 16.7 Å². The average Bonchev–Trinajstić information content (AvgIpc) is 2.95. The van der Waals surface area contributed by atoms with Crippen molar-refractivity contribution in [1.29, 1.82) is 0 Å². The van der Waals surface area contributed by atoms with Gasteiger partial charge in [0, 0.05) is 10.6 Å². The normalized spacial score (nSPS) is 16.8. The molecule has 6 heteroatoms. The van der Waals surface area contributed by atoms with Crippen molar-refractivity contribution in [3.63, 3.8) is 0 Å². The third-order valence-electron chi connectivity index (χ3n) is 2.67. The second kappa shape index (κ2) is 5.61. The van der Waals surface area contributed by atoms with Gasteiger partial charge in [0.25, 0.3) is 0 Å². The fourth-order valence-electron chi connectivity index (χ4n) is 1.48. The van der Waals surface area contributed by atoms with E-state index in [9.17, 15) is 4.79 Å². The SMILES string of the molecule is O=C(CSCc1ccc(Cl)s1)NC1(CO)CC1. The fourth-order valence-corrected chi connectivity index (χ4v) is 3.50. The molecule has 0 saturated heterocycles. The van der Waals surface area contributed by atoms with Gasteiger partial charge in [0.15, 0.2) is 0 Å². The molecule has 0 aliphatic heterocycles. The van der Waals surface area contributed by atoms with Crippen molar-refractivity contribution < 1.29 is 9.90 Å². The quantitative estimate of drug-likeness (QED) is 0.845. The molecule has 0 unspecified atom stereocenters. The van der Waals surface area contributed by atoms with Gasteiger partial charge >= 0.3 is 0 Å². The van der Waals surface area contributed by atoms with E-state index in [1.807, 2.05) is 12.1 Å². The molecular weight excluding hydrogens is 278 g/mol. The molecule has 1 saturated carbocycles. The molecule has 0 radical (unpaired) electrons. The van der Waals surface area contributed by atoms with Gasteiger partial charge in [0.2, 0.25) is 5.91 Å². The predicted octanol–water partition coefficient (Wildman–Crippen LogP) is 2.28. The van der Waals surface area contributed by atoms with Crippen LogP contribution in [0, 0.1) is 0 Å². The summed E-state index contributed by atoms with van der Waals surface area (Å²) in [5.74, 6) is 1.23. The maximum atomic E-state index is 11.6. The van der Waals surface area contributed by atoms with Crippen LogP contribution in [0.5, 0.6) is 0 Å². The molecule has 1 aromatic rings. The van der Waals surface area contributed by atoms with Crippen molar-refractivity contribution >= 4 is 40.6 Å². The predicted molar refractivity (Wildman–Crippen MR) is 72.7 cm³/mol. The van der Waals surface area contributed by atoms with Gasteiger partial charge in [-0.1, -0.05) is 11.6 Å². The largest absolute Gasteiger partial charge is 0.394 e. The number of carbonyl (C=O) groups is 1. The summed E-state index contributed by atoms with van der Waals surface area (Å²) in [5.41, 5.74) is -0.302. The molecule has 1 aliphatic carbocycles. The summed E-state index contributed by atoms with van der Waals surface area (Å²) in [6.45, 7) is 0.0456. The second-order valence-electron chi connectivity index (χ2n) is 4.19. The minimum atomic E-state index is -0.302. The highest BCUT2D eigenvalue weighted by Gasteiger charge is 2.43. The first-order chi connectivity index (χ1) is 8.13. The van der Waals surface area contributed by atoms with E-state index in [1.165, 1.54) is 4.88 Å². The molecule has 1 fully saturated rings. The number of rotatable bonds is 6. The highest BCUT2D eigenvalue weighted by molar-refractivity contribution is 7.99. The summed E-state index contributed by atoms with van der Waals surface area (Å²) in [6.07, 6.45) is 1.78. The number of carbonyl (C=O) groups excluding carboxylic acids is 1. The lowest BCUT2D eigenvalue weighted by Crippen LogP contribution is -2.40. The molecule has 0 atom stereocenters. The average molecular weight is 292 g/mol. The third kappa shape index (κ3) is 3.88. The van der Waals surface area contributed by atoms with Gasteiger partial charge in [0.1, 0.15) is 0 Å². The van der Waals surface area contributed by atoms with Crippen molar-refractivity contribution in [3.05, 3.63) is 21.3 Å². The first-order valence-electron chi connectivity index (χ1n) is 5.37. The molecule has 0 spiro atoms. The monoisotopic (exact) mass is 291 g/mol. The number of aliphatic hydroxyl groups is 1. The summed E-state index contributed by atoms with van der Waals surface area (Å²) in [4.78, 5) is 12.8. The Labute approximate surface area is 114 Å². The van der Waals surface area contributed by atoms with Crippen LogP contribution in [0.4, 0.5) is 0 Å². The highest BCUT2D eigenvalue weighted by Crippen LogP contribution is 2.34. The molecule has 1 amide bonds. The molecular formula is C11H14ClNO2S2. The fraction of sp³-hybridized carbons (Fsp3) is 0.545. The van der Waals surface area contributed by atoms with Gasteiger partial charge in [-0.15, -0.1) is 23.1 Å². The molecule has 0 bridgehead atoms. The van der Waals surface area contributed by atoms with Crippen molar-refractivity contribution in [1.82, 2.24) is 5.32 Å². The highest BCUT2D eigenvalue weighted by atomic mass is 35.5. The van der Waals surface area contributed by atoms with Crippen molar-refractivity contribution in [2.45, 2.75) is 24.1 Å². The van der Waals surface area contributed by atoms with E-state index in [2.05, 4.69) is 5.32 Å². The van der Waals surface area contributed by atoms with E-state index >= 15 is 0 Å². The van der Waals surface area contributed by atoms with E-state index in [0.717, 1.165) is 22.9 Å². The van der Waals surface area contributed by atoms with Crippen LogP contribution < -0.4 is 5.32 Å². The van der Waals surface area contributed by atoms with Gasteiger partial charge in [-0.05, 0) is 25.0 Å². The van der Waals surface area contributed by atoms with Crippen LogP contribution in [0.1, 0.15) is 17.7 Å². The summed E-state index contributed by atoms with van der Waals surface area (Å²) in [5, 5.41) is 12.0. The van der Waals surface area contributed by atoms with Crippen molar-refractivity contribution in [2.75, 3.05) is 12.4 Å². The van der Waals surface area contributed by atoms with Crippen LogP contribution in [-0.2, 0) is 10.5 Å². The van der Waals surface area contributed by atoms with Crippen LogP contribution in [-0.4, -0.2) is 28.9 Å². The number of halogens is 1. The lowest BCUT2D eigenvalue weighted by Gasteiger charge is -2.13. The Morgan fingerprint density at radius 1 is 1.59 bits per heavy atom. The standard InChI is InChI=1S/C11H14ClNO2S2/c12-9-2-1-8(17-9)5-16-6-10(15)13-11(7-14)3-4-11/h1-2,14H,3-7H2,(H,13,15). The number of thiophene rings is 1. The molecule has 1 aromatic heterocycles. The van der Waals surface area contributed by atoms with E-state index < -0.39 is 0 Å². The molecule has 1 heterocycles. The van der Waals surface area contributed by atoms with Gasteiger partial charge < -0.3 is 10.4 Å². The number of hydrogen-bond donors (Lipinski definition) is 2. The molecule has 2 N–H and O–H groups in total. The molecule has 3 nitrogen and oxygen atoms in total. The van der Waals surface area contributed by atoms with Crippen molar-refractivity contribution in [3.8, 4) is 0 Å². The Morgan fingerprint density at radius 3 is 2.88 bits per heavy atom. The molecule has 1 aliphatic rings. The number of nitrogens with one attached hydrogen (secondary N) is 1. The Kier molecular flexibility index (Phi) is 4.36. The van der Waals surface area contributed by atoms with Crippen LogP contribution in [0.25, 0.3) is 0 Å². The Balaban J connectivity index is 1.66. The summed E-state index contributed by atoms with van der Waals surface area (Å²) in [6, 6.07) is 3.85. The zero-order valence-corrected chi connectivity index (χ0v) is 11.6. The maximum absolute atomic E-state index is 11.6. The molecule has 94 valence electrons. The first-order valence-corrected chi connectivity index (χ1v) is 7.72. The molecule has 17 heavy (non-hydrogen) atoms. The summed E-state index contributed by atoms with van der Waals surface area (Å²) < 4.78 is 0.780. The number of aliphatic hydroxyl groups excluding tert-OH is 1. The van der Waals surface area contributed by atoms with Gasteiger partial charge in [0.05, 0.1) is 22.2 Å². The smallest absolute Gasteiger partial charge is 0.230 e. The minimum absolute atomic E-state index is 0.00389. The zero-order valence-electron chi connectivity index (χ0n) is 9.24. The lowest BCUT2D eigenvalue weighted by atomic mass is 10.3. The van der Waals surface area contributed by atoms with Gasteiger partial charge in [-0.2, -0.15) is 0 Å². The van der Waals surface area contributed by atoms with E-state index in [0.29, 0.717) is 5.75 Å².